The molecule has 2 heteroatoms. The SMILES string of the molecule is CC1(COc2ccc3c(c2)CC=C3)CO1. The highest BCUT2D eigenvalue weighted by Crippen LogP contribution is 2.29. The Hall–Kier alpha value is -1.28. The van der Waals surface area contributed by atoms with Crippen LogP contribution in [-0.2, 0) is 11.2 Å². The summed E-state index contributed by atoms with van der Waals surface area (Å²) in [5, 5.41) is 0. The van der Waals surface area contributed by atoms with Gasteiger partial charge in [-0.2, -0.15) is 0 Å². The lowest BCUT2D eigenvalue weighted by molar-refractivity contribution is 0.202. The van der Waals surface area contributed by atoms with Crippen molar-refractivity contribution >= 4 is 6.08 Å². The fourth-order valence-electron chi connectivity index (χ4n) is 1.77. The second-order valence-corrected chi connectivity index (χ2v) is 4.49. The Kier molecular flexibility index (Phi) is 1.86. The number of epoxide rings is 1. The molecule has 3 rings (SSSR count). The quantitative estimate of drug-likeness (QED) is 0.702. The lowest BCUT2D eigenvalue weighted by atomic mass is 10.1. The van der Waals surface area contributed by atoms with Gasteiger partial charge in [-0.25, -0.2) is 0 Å². The molecule has 1 aromatic rings. The van der Waals surface area contributed by atoms with Crippen molar-refractivity contribution in [2.75, 3.05) is 13.2 Å². The Balaban J connectivity index is 1.71. The molecule has 1 heterocycles. The molecule has 1 aliphatic carbocycles. The predicted octanol–water partition coefficient (Wildman–Crippen LogP) is 2.42. The molecular formula is C13H14O2. The summed E-state index contributed by atoms with van der Waals surface area (Å²) in [6.07, 6.45) is 5.37. The number of rotatable bonds is 3. The molecule has 1 atom stereocenters. The van der Waals surface area contributed by atoms with E-state index in [1.54, 1.807) is 0 Å². The summed E-state index contributed by atoms with van der Waals surface area (Å²) >= 11 is 0. The van der Waals surface area contributed by atoms with E-state index in [1.165, 1.54) is 11.1 Å². The lowest BCUT2D eigenvalue weighted by Crippen LogP contribution is -2.16. The largest absolute Gasteiger partial charge is 0.490 e. The van der Waals surface area contributed by atoms with E-state index in [2.05, 4.69) is 31.2 Å². The summed E-state index contributed by atoms with van der Waals surface area (Å²) in [4.78, 5) is 0. The Morgan fingerprint density at radius 2 is 2.33 bits per heavy atom. The molecule has 1 aliphatic heterocycles. The van der Waals surface area contributed by atoms with Gasteiger partial charge >= 0.3 is 0 Å². The van der Waals surface area contributed by atoms with E-state index < -0.39 is 0 Å². The van der Waals surface area contributed by atoms with Gasteiger partial charge in [0, 0.05) is 0 Å². The number of ether oxygens (including phenoxy) is 2. The minimum absolute atomic E-state index is 0.0305. The van der Waals surface area contributed by atoms with Crippen LogP contribution in [0.4, 0.5) is 0 Å². The van der Waals surface area contributed by atoms with Gasteiger partial charge in [0.25, 0.3) is 0 Å². The molecule has 1 saturated heterocycles. The van der Waals surface area contributed by atoms with Crippen LogP contribution in [0.5, 0.6) is 5.75 Å². The second-order valence-electron chi connectivity index (χ2n) is 4.49. The highest BCUT2D eigenvalue weighted by atomic mass is 16.6. The van der Waals surface area contributed by atoms with Gasteiger partial charge in [0.2, 0.25) is 0 Å². The van der Waals surface area contributed by atoms with Gasteiger partial charge in [-0.05, 0) is 36.6 Å². The Morgan fingerprint density at radius 1 is 1.47 bits per heavy atom. The summed E-state index contributed by atoms with van der Waals surface area (Å²) in [5.41, 5.74) is 2.64. The predicted molar refractivity (Wildman–Crippen MR) is 59.0 cm³/mol. The first-order valence-corrected chi connectivity index (χ1v) is 5.31. The minimum atomic E-state index is -0.0305. The van der Waals surface area contributed by atoms with Crippen molar-refractivity contribution in [3.8, 4) is 5.75 Å². The number of allylic oxidation sites excluding steroid dienone is 1. The summed E-state index contributed by atoms with van der Waals surface area (Å²) in [6, 6.07) is 6.27. The van der Waals surface area contributed by atoms with Crippen LogP contribution in [0.1, 0.15) is 18.1 Å². The van der Waals surface area contributed by atoms with E-state index in [4.69, 9.17) is 9.47 Å². The monoisotopic (exact) mass is 202 g/mol. The van der Waals surface area contributed by atoms with Crippen LogP contribution in [0.15, 0.2) is 24.3 Å². The van der Waals surface area contributed by atoms with Crippen LogP contribution < -0.4 is 4.74 Å². The standard InChI is InChI=1S/C13H14O2/c1-13(9-15-13)8-14-12-6-5-10-3-2-4-11(10)7-12/h2-3,5-7H,4,8-9H2,1H3. The molecule has 1 fully saturated rings. The molecule has 0 bridgehead atoms. The molecule has 78 valence electrons. The third-order valence-corrected chi connectivity index (χ3v) is 2.93. The van der Waals surface area contributed by atoms with Gasteiger partial charge in [0.15, 0.2) is 0 Å². The van der Waals surface area contributed by atoms with Crippen LogP contribution in [0, 0.1) is 0 Å². The molecule has 1 aromatic carbocycles. The smallest absolute Gasteiger partial charge is 0.123 e. The van der Waals surface area contributed by atoms with E-state index in [1.807, 2.05) is 6.07 Å². The van der Waals surface area contributed by atoms with E-state index in [0.717, 1.165) is 18.8 Å². The highest BCUT2D eigenvalue weighted by Gasteiger charge is 2.40. The average Bonchev–Trinajstić information content (AvgIpc) is 2.80. The first-order valence-electron chi connectivity index (χ1n) is 5.31. The second kappa shape index (κ2) is 3.11. The molecule has 0 aromatic heterocycles. The lowest BCUT2D eigenvalue weighted by Gasteiger charge is -2.10. The van der Waals surface area contributed by atoms with Crippen molar-refractivity contribution in [3.05, 3.63) is 35.4 Å². The van der Waals surface area contributed by atoms with Crippen molar-refractivity contribution in [2.45, 2.75) is 18.9 Å². The fourth-order valence-corrected chi connectivity index (χ4v) is 1.77. The summed E-state index contributed by atoms with van der Waals surface area (Å²) in [6.45, 7) is 3.54. The summed E-state index contributed by atoms with van der Waals surface area (Å²) in [5.74, 6) is 0.953. The van der Waals surface area contributed by atoms with Crippen LogP contribution in [0.25, 0.3) is 6.08 Å². The zero-order valence-electron chi connectivity index (χ0n) is 8.82. The van der Waals surface area contributed by atoms with Gasteiger partial charge in [-0.3, -0.25) is 0 Å². The van der Waals surface area contributed by atoms with Gasteiger partial charge in [-0.15, -0.1) is 0 Å². The molecule has 0 amide bonds. The maximum Gasteiger partial charge on any atom is 0.123 e. The molecule has 2 aliphatic rings. The van der Waals surface area contributed by atoms with Crippen molar-refractivity contribution in [2.24, 2.45) is 0 Å². The van der Waals surface area contributed by atoms with Gasteiger partial charge in [-0.1, -0.05) is 18.2 Å². The third kappa shape index (κ3) is 1.77. The molecule has 1 unspecified atom stereocenters. The normalized spacial score (nSPS) is 26.5. The first-order chi connectivity index (χ1) is 7.25. The molecule has 0 saturated carbocycles. The number of hydrogen-bond donors (Lipinski definition) is 0. The maximum atomic E-state index is 5.71. The topological polar surface area (TPSA) is 21.8 Å². The minimum Gasteiger partial charge on any atom is -0.490 e. The molecule has 2 nitrogen and oxygen atoms in total. The number of benzene rings is 1. The molecule has 0 radical (unpaired) electrons. The van der Waals surface area contributed by atoms with E-state index in [-0.39, 0.29) is 5.60 Å². The molecule has 0 spiro atoms. The Labute approximate surface area is 89.5 Å². The number of hydrogen-bond acceptors (Lipinski definition) is 2. The number of fused-ring (bicyclic) bond motifs is 1. The van der Waals surface area contributed by atoms with Crippen molar-refractivity contribution in [1.82, 2.24) is 0 Å². The highest BCUT2D eigenvalue weighted by molar-refractivity contribution is 5.61. The van der Waals surface area contributed by atoms with Crippen LogP contribution >= 0.6 is 0 Å². The van der Waals surface area contributed by atoms with Gasteiger partial charge in [0.05, 0.1) is 6.61 Å². The van der Waals surface area contributed by atoms with Crippen molar-refractivity contribution in [3.63, 3.8) is 0 Å². The van der Waals surface area contributed by atoms with E-state index in [9.17, 15) is 0 Å². The van der Waals surface area contributed by atoms with Crippen molar-refractivity contribution in [1.29, 1.82) is 0 Å². The Bertz CT molecular complexity index is 417. The van der Waals surface area contributed by atoms with Crippen LogP contribution in [-0.4, -0.2) is 18.8 Å². The van der Waals surface area contributed by atoms with E-state index >= 15 is 0 Å². The van der Waals surface area contributed by atoms with Gasteiger partial charge in [0.1, 0.15) is 18.0 Å². The zero-order chi connectivity index (χ0) is 10.3. The molecule has 0 N–H and O–H groups in total. The average molecular weight is 202 g/mol. The summed E-state index contributed by atoms with van der Waals surface area (Å²) < 4.78 is 11.0. The van der Waals surface area contributed by atoms with Crippen molar-refractivity contribution < 1.29 is 9.47 Å². The van der Waals surface area contributed by atoms with Gasteiger partial charge < -0.3 is 9.47 Å². The first kappa shape index (κ1) is 8.98. The summed E-state index contributed by atoms with van der Waals surface area (Å²) in [7, 11) is 0. The van der Waals surface area contributed by atoms with Crippen LogP contribution in [0.2, 0.25) is 0 Å². The van der Waals surface area contributed by atoms with E-state index in [0.29, 0.717) is 6.61 Å². The molecular weight excluding hydrogens is 188 g/mol. The molecule has 15 heavy (non-hydrogen) atoms. The Morgan fingerprint density at radius 3 is 3.13 bits per heavy atom. The zero-order valence-corrected chi connectivity index (χ0v) is 8.82. The fraction of sp³-hybridized carbons (Fsp3) is 0.385. The maximum absolute atomic E-state index is 5.71. The third-order valence-electron chi connectivity index (χ3n) is 2.93. The van der Waals surface area contributed by atoms with Crippen LogP contribution in [0.3, 0.4) is 0 Å².